The molecule has 1 amide bonds. The van der Waals surface area contributed by atoms with Crippen LogP contribution < -0.4 is 4.90 Å². The van der Waals surface area contributed by atoms with Gasteiger partial charge in [-0.05, 0) is 61.9 Å². The second kappa shape index (κ2) is 14.1. The molecule has 2 saturated heterocycles. The summed E-state index contributed by atoms with van der Waals surface area (Å²) in [7, 11) is 0. The molecule has 13 heteroatoms. The Morgan fingerprint density at radius 1 is 1.05 bits per heavy atom. The number of anilines is 1. The van der Waals surface area contributed by atoms with E-state index >= 15 is 0 Å². The fraction of sp³-hybridized carbons (Fsp3) is 0.500. The van der Waals surface area contributed by atoms with E-state index < -0.39 is 18.1 Å². The standard InChI is InChI=1S/C30H33F3N6O3S/c1-3-24-25(16-34)27(38-14-10-23(11-15-38)37-12-4-5-13-37)36-28(26(24)17-35)43-19-22-8-6-21(7-9-22)18-39(20(2)40)42-29(41)30(31,32)33/h6-9,23H,3-5,10-15,18-19H2,1-2H3. The number of rotatable bonds is 8. The fourth-order valence-electron chi connectivity index (χ4n) is 5.48. The number of alkyl halides is 3. The van der Waals surface area contributed by atoms with Gasteiger partial charge in [0.15, 0.2) is 0 Å². The number of likely N-dealkylation sites (tertiary alicyclic amines) is 1. The van der Waals surface area contributed by atoms with Gasteiger partial charge in [-0.25, -0.2) is 9.78 Å². The van der Waals surface area contributed by atoms with Crippen LogP contribution in [0.5, 0.6) is 0 Å². The molecule has 1 aromatic carbocycles. The van der Waals surface area contributed by atoms with E-state index in [1.165, 1.54) is 24.6 Å². The van der Waals surface area contributed by atoms with Crippen LogP contribution in [0.3, 0.4) is 0 Å². The molecule has 0 bridgehead atoms. The zero-order valence-electron chi connectivity index (χ0n) is 24.1. The first-order chi connectivity index (χ1) is 20.5. The van der Waals surface area contributed by atoms with E-state index in [2.05, 4.69) is 26.8 Å². The van der Waals surface area contributed by atoms with Crippen LogP contribution in [0.4, 0.5) is 19.0 Å². The van der Waals surface area contributed by atoms with Gasteiger partial charge in [-0.3, -0.25) is 4.79 Å². The molecule has 0 aliphatic carbocycles. The van der Waals surface area contributed by atoms with E-state index in [-0.39, 0.29) is 6.54 Å². The Balaban J connectivity index is 1.48. The first kappa shape index (κ1) is 32.1. The van der Waals surface area contributed by atoms with Gasteiger partial charge in [0.2, 0.25) is 0 Å². The number of piperidine rings is 1. The Labute approximate surface area is 253 Å². The highest BCUT2D eigenvalue weighted by Crippen LogP contribution is 2.35. The summed E-state index contributed by atoms with van der Waals surface area (Å²) in [5.74, 6) is -2.27. The van der Waals surface area contributed by atoms with Gasteiger partial charge < -0.3 is 14.6 Å². The summed E-state index contributed by atoms with van der Waals surface area (Å²) in [6, 6.07) is 11.8. The monoisotopic (exact) mass is 614 g/mol. The Morgan fingerprint density at radius 2 is 1.65 bits per heavy atom. The second-order valence-electron chi connectivity index (χ2n) is 10.5. The van der Waals surface area contributed by atoms with E-state index in [9.17, 15) is 33.3 Å². The summed E-state index contributed by atoms with van der Waals surface area (Å²) in [4.78, 5) is 36.7. The molecule has 0 radical (unpaired) electrons. The van der Waals surface area contributed by atoms with Crippen molar-refractivity contribution in [3.05, 3.63) is 52.1 Å². The molecule has 4 rings (SSSR count). The predicted octanol–water partition coefficient (Wildman–Crippen LogP) is 5.11. The molecule has 2 aliphatic rings. The largest absolute Gasteiger partial charge is 0.493 e. The van der Waals surface area contributed by atoms with Gasteiger partial charge in [0.25, 0.3) is 5.91 Å². The average Bonchev–Trinajstić information content (AvgIpc) is 3.54. The molecule has 0 unspecified atom stereocenters. The molecular weight excluding hydrogens is 581 g/mol. The molecular formula is C30H33F3N6O3S. The molecule has 43 heavy (non-hydrogen) atoms. The Kier molecular flexibility index (Phi) is 10.5. The maximum atomic E-state index is 12.6. The van der Waals surface area contributed by atoms with E-state index in [4.69, 9.17) is 4.98 Å². The second-order valence-corrected chi connectivity index (χ2v) is 11.5. The quantitative estimate of drug-likeness (QED) is 0.296. The van der Waals surface area contributed by atoms with Crippen molar-refractivity contribution in [2.45, 2.75) is 75.5 Å². The molecule has 2 fully saturated rings. The van der Waals surface area contributed by atoms with E-state index in [1.807, 2.05) is 6.92 Å². The topological polar surface area (TPSA) is 114 Å². The summed E-state index contributed by atoms with van der Waals surface area (Å²) < 4.78 is 37.7. The van der Waals surface area contributed by atoms with Crippen LogP contribution in [0.1, 0.15) is 67.3 Å². The first-order valence-corrected chi connectivity index (χ1v) is 15.2. The lowest BCUT2D eigenvalue weighted by Crippen LogP contribution is -2.44. The summed E-state index contributed by atoms with van der Waals surface area (Å²) in [5, 5.41) is 21.0. The minimum Gasteiger partial charge on any atom is -0.355 e. The smallest absolute Gasteiger partial charge is 0.355 e. The van der Waals surface area contributed by atoms with Crippen LogP contribution in [0.15, 0.2) is 29.3 Å². The van der Waals surface area contributed by atoms with Gasteiger partial charge in [0.05, 0.1) is 17.7 Å². The molecule has 9 nitrogen and oxygen atoms in total. The minimum absolute atomic E-state index is 0.349. The molecule has 1 aromatic heterocycles. The number of hydroxylamine groups is 2. The first-order valence-electron chi connectivity index (χ1n) is 14.2. The van der Waals surface area contributed by atoms with Gasteiger partial charge in [-0.15, -0.1) is 11.8 Å². The van der Waals surface area contributed by atoms with Gasteiger partial charge in [-0.1, -0.05) is 31.2 Å². The van der Waals surface area contributed by atoms with Crippen LogP contribution in [-0.4, -0.2) is 65.2 Å². The number of nitrogens with zero attached hydrogens (tertiary/aromatic N) is 6. The van der Waals surface area contributed by atoms with Crippen molar-refractivity contribution >= 4 is 29.5 Å². The summed E-state index contributed by atoms with van der Waals surface area (Å²) in [6.45, 7) is 6.44. The summed E-state index contributed by atoms with van der Waals surface area (Å²) in [6.07, 6.45) is -0.225. The molecule has 0 N–H and O–H groups in total. The number of halogens is 3. The Hall–Kier alpha value is -3.81. The lowest BCUT2D eigenvalue weighted by molar-refractivity contribution is -0.238. The van der Waals surface area contributed by atoms with E-state index in [1.54, 1.807) is 24.3 Å². The number of benzene rings is 1. The molecule has 2 aliphatic heterocycles. The fourth-order valence-corrected chi connectivity index (χ4v) is 6.44. The van der Waals surface area contributed by atoms with Crippen molar-refractivity contribution < 1.29 is 27.6 Å². The SMILES string of the molecule is CCc1c(C#N)c(SCc2ccc(CN(OC(=O)C(F)(F)F)C(C)=O)cc2)nc(N2CCC(N3CCCC3)CC2)c1C#N. The van der Waals surface area contributed by atoms with Crippen LogP contribution in [0.25, 0.3) is 0 Å². The number of aromatic nitrogens is 1. The molecule has 2 aromatic rings. The lowest BCUT2D eigenvalue weighted by Gasteiger charge is -2.37. The minimum atomic E-state index is -5.22. The van der Waals surface area contributed by atoms with Gasteiger partial charge in [0.1, 0.15) is 23.0 Å². The van der Waals surface area contributed by atoms with Gasteiger partial charge >= 0.3 is 12.1 Å². The van der Waals surface area contributed by atoms with Crippen molar-refractivity contribution in [2.24, 2.45) is 0 Å². The zero-order chi connectivity index (χ0) is 31.1. The van der Waals surface area contributed by atoms with Crippen molar-refractivity contribution in [1.82, 2.24) is 14.9 Å². The van der Waals surface area contributed by atoms with Gasteiger partial charge in [0, 0.05) is 31.8 Å². The number of nitriles is 2. The highest BCUT2D eigenvalue weighted by atomic mass is 32.2. The van der Waals surface area contributed by atoms with E-state index in [0.29, 0.717) is 56.4 Å². The Morgan fingerprint density at radius 3 is 2.19 bits per heavy atom. The number of hydrogen-bond acceptors (Lipinski definition) is 9. The number of amides is 1. The van der Waals surface area contributed by atoms with Crippen molar-refractivity contribution in [3.63, 3.8) is 0 Å². The molecule has 0 spiro atoms. The number of carbonyl (C=O) groups is 2. The molecule has 0 saturated carbocycles. The van der Waals surface area contributed by atoms with Crippen LogP contribution in [0.2, 0.25) is 0 Å². The third-order valence-electron chi connectivity index (χ3n) is 7.75. The van der Waals surface area contributed by atoms with Gasteiger partial charge in [-0.2, -0.15) is 28.8 Å². The third-order valence-corrected chi connectivity index (χ3v) is 8.79. The lowest BCUT2D eigenvalue weighted by atomic mass is 9.99. The predicted molar refractivity (Wildman–Crippen MR) is 153 cm³/mol. The average molecular weight is 615 g/mol. The number of carbonyl (C=O) groups excluding carboxylic acids is 2. The van der Waals surface area contributed by atoms with Crippen molar-refractivity contribution in [1.29, 1.82) is 10.5 Å². The number of pyridine rings is 1. The molecule has 228 valence electrons. The summed E-state index contributed by atoms with van der Waals surface area (Å²) >= 11 is 1.37. The van der Waals surface area contributed by atoms with Crippen LogP contribution >= 0.6 is 11.8 Å². The molecule has 3 heterocycles. The normalized spacial score (nSPS) is 16.0. The molecule has 0 atom stereocenters. The maximum Gasteiger partial charge on any atom is 0.493 e. The van der Waals surface area contributed by atoms with Crippen LogP contribution in [0, 0.1) is 22.7 Å². The zero-order valence-corrected chi connectivity index (χ0v) is 24.9. The van der Waals surface area contributed by atoms with E-state index in [0.717, 1.165) is 51.5 Å². The number of hydrogen-bond donors (Lipinski definition) is 0. The van der Waals surface area contributed by atoms with Crippen LogP contribution in [-0.2, 0) is 33.1 Å². The third kappa shape index (κ3) is 7.78. The summed E-state index contributed by atoms with van der Waals surface area (Å²) in [5.41, 5.74) is 2.83. The highest BCUT2D eigenvalue weighted by molar-refractivity contribution is 7.98. The number of thioether (sulfide) groups is 1. The Bertz CT molecular complexity index is 1410. The highest BCUT2D eigenvalue weighted by Gasteiger charge is 2.43. The van der Waals surface area contributed by atoms with Crippen molar-refractivity contribution in [2.75, 3.05) is 31.1 Å². The van der Waals surface area contributed by atoms with Crippen molar-refractivity contribution in [3.8, 4) is 12.1 Å². The maximum absolute atomic E-state index is 12.6.